The van der Waals surface area contributed by atoms with Gasteiger partial charge in [0.1, 0.15) is 5.76 Å². The van der Waals surface area contributed by atoms with E-state index < -0.39 is 5.97 Å². The number of methoxy groups -OCH3 is 1. The Labute approximate surface area is 116 Å². The third kappa shape index (κ3) is 2.25. The number of hydrogen-bond acceptors (Lipinski definition) is 4. The Morgan fingerprint density at radius 2 is 2.00 bits per heavy atom. The summed E-state index contributed by atoms with van der Waals surface area (Å²) in [4.78, 5) is 23.7. The van der Waals surface area contributed by atoms with Gasteiger partial charge >= 0.3 is 5.97 Å². The van der Waals surface area contributed by atoms with E-state index in [1.54, 1.807) is 0 Å². The number of esters is 1. The highest BCUT2D eigenvalue weighted by atomic mass is 16.5. The molecule has 4 nitrogen and oxygen atoms in total. The van der Waals surface area contributed by atoms with Crippen molar-refractivity contribution in [2.24, 2.45) is 5.92 Å². The molecule has 1 aliphatic heterocycles. The summed E-state index contributed by atoms with van der Waals surface area (Å²) in [6, 6.07) is 9.40. The molecule has 1 aromatic rings. The topological polar surface area (TPSA) is 52.6 Å². The molecule has 0 spiro atoms. The summed E-state index contributed by atoms with van der Waals surface area (Å²) >= 11 is 0. The lowest BCUT2D eigenvalue weighted by molar-refractivity contribution is -0.135. The Bertz CT molecular complexity index is 621. The third-order valence-corrected chi connectivity index (χ3v) is 3.38. The standard InChI is InChI=1S/C16H14O4/c1-19-13(17)9-12-15(18)14(10-5-3-2-4-6-10)16(20-12)11-7-8-11/h2-6,9,11H,7-8H2,1H3. The van der Waals surface area contributed by atoms with Crippen LogP contribution in [0.4, 0.5) is 0 Å². The largest absolute Gasteiger partial charge is 0.466 e. The summed E-state index contributed by atoms with van der Waals surface area (Å²) in [6.45, 7) is 0. The van der Waals surface area contributed by atoms with Crippen molar-refractivity contribution in [3.8, 4) is 0 Å². The second-order valence-corrected chi connectivity index (χ2v) is 4.84. The van der Waals surface area contributed by atoms with Crippen LogP contribution in [0.3, 0.4) is 0 Å². The van der Waals surface area contributed by atoms with Crippen molar-refractivity contribution in [1.82, 2.24) is 0 Å². The van der Waals surface area contributed by atoms with E-state index in [4.69, 9.17) is 4.74 Å². The molecule has 1 fully saturated rings. The number of hydrogen-bond donors (Lipinski definition) is 0. The second-order valence-electron chi connectivity index (χ2n) is 4.84. The Morgan fingerprint density at radius 1 is 1.30 bits per heavy atom. The van der Waals surface area contributed by atoms with E-state index in [2.05, 4.69) is 4.74 Å². The van der Waals surface area contributed by atoms with Crippen LogP contribution in [0.25, 0.3) is 5.57 Å². The molecule has 0 aromatic heterocycles. The van der Waals surface area contributed by atoms with Gasteiger partial charge in [0, 0.05) is 5.92 Å². The van der Waals surface area contributed by atoms with Crippen molar-refractivity contribution in [3.63, 3.8) is 0 Å². The van der Waals surface area contributed by atoms with Crippen LogP contribution in [0.1, 0.15) is 18.4 Å². The summed E-state index contributed by atoms with van der Waals surface area (Å²) in [6.07, 6.45) is 3.15. The second kappa shape index (κ2) is 4.96. The molecule has 1 heterocycles. The lowest BCUT2D eigenvalue weighted by Gasteiger charge is -2.02. The van der Waals surface area contributed by atoms with Gasteiger partial charge in [-0.25, -0.2) is 4.79 Å². The first-order valence-corrected chi connectivity index (χ1v) is 6.52. The summed E-state index contributed by atoms with van der Waals surface area (Å²) in [7, 11) is 1.27. The maximum absolute atomic E-state index is 12.4. The molecule has 4 heteroatoms. The molecule has 20 heavy (non-hydrogen) atoms. The van der Waals surface area contributed by atoms with Crippen LogP contribution >= 0.6 is 0 Å². The van der Waals surface area contributed by atoms with Crippen LogP contribution in [0.15, 0.2) is 47.9 Å². The fourth-order valence-corrected chi connectivity index (χ4v) is 2.22. The smallest absolute Gasteiger partial charge is 0.334 e. The quantitative estimate of drug-likeness (QED) is 0.625. The van der Waals surface area contributed by atoms with Crippen LogP contribution in [0.5, 0.6) is 0 Å². The van der Waals surface area contributed by atoms with E-state index in [1.807, 2.05) is 30.3 Å². The number of ether oxygens (including phenoxy) is 2. The van der Waals surface area contributed by atoms with E-state index in [0.29, 0.717) is 11.3 Å². The third-order valence-electron chi connectivity index (χ3n) is 3.38. The first-order chi connectivity index (χ1) is 9.70. The molecule has 0 saturated heterocycles. The molecular weight excluding hydrogens is 256 g/mol. The zero-order chi connectivity index (χ0) is 14.1. The van der Waals surface area contributed by atoms with Gasteiger partial charge in [-0.2, -0.15) is 0 Å². The summed E-state index contributed by atoms with van der Waals surface area (Å²) < 4.78 is 10.2. The zero-order valence-corrected chi connectivity index (χ0v) is 11.1. The molecule has 1 saturated carbocycles. The minimum atomic E-state index is -0.585. The maximum Gasteiger partial charge on any atom is 0.334 e. The number of carbonyl (C=O) groups excluding carboxylic acids is 2. The molecule has 3 rings (SSSR count). The number of rotatable bonds is 3. The zero-order valence-electron chi connectivity index (χ0n) is 11.1. The molecule has 0 unspecified atom stereocenters. The van der Waals surface area contributed by atoms with Gasteiger partial charge in [0.05, 0.1) is 18.8 Å². The number of allylic oxidation sites excluding steroid dienone is 2. The lowest BCUT2D eigenvalue weighted by Crippen LogP contribution is -2.04. The van der Waals surface area contributed by atoms with Crippen molar-refractivity contribution < 1.29 is 19.1 Å². The Hall–Kier alpha value is -2.36. The molecule has 1 aromatic carbocycles. The predicted octanol–water partition coefficient (Wildman–Crippen LogP) is 2.46. The summed E-state index contributed by atoms with van der Waals surface area (Å²) in [5, 5.41) is 0. The van der Waals surface area contributed by atoms with E-state index in [9.17, 15) is 9.59 Å². The monoisotopic (exact) mass is 270 g/mol. The average Bonchev–Trinajstić information content (AvgIpc) is 3.26. The van der Waals surface area contributed by atoms with Crippen LogP contribution < -0.4 is 0 Å². The van der Waals surface area contributed by atoms with Gasteiger partial charge in [-0.15, -0.1) is 0 Å². The van der Waals surface area contributed by atoms with Crippen LogP contribution in [-0.2, 0) is 19.1 Å². The van der Waals surface area contributed by atoms with Crippen LogP contribution in [0.2, 0.25) is 0 Å². The molecular formula is C16H14O4. The predicted molar refractivity (Wildman–Crippen MR) is 72.3 cm³/mol. The fraction of sp³-hybridized carbons (Fsp3) is 0.250. The SMILES string of the molecule is COC(=O)C=C1OC(C2CC2)=C(c2ccccc2)C1=O. The maximum atomic E-state index is 12.4. The highest BCUT2D eigenvalue weighted by Crippen LogP contribution is 2.46. The van der Waals surface area contributed by atoms with Crippen molar-refractivity contribution in [2.45, 2.75) is 12.8 Å². The minimum Gasteiger partial charge on any atom is -0.466 e. The highest BCUT2D eigenvalue weighted by Gasteiger charge is 2.40. The minimum absolute atomic E-state index is 0.0533. The molecule has 102 valence electrons. The van der Waals surface area contributed by atoms with Crippen LogP contribution in [0, 0.1) is 5.92 Å². The number of ketones is 1. The average molecular weight is 270 g/mol. The van der Waals surface area contributed by atoms with Gasteiger partial charge < -0.3 is 9.47 Å². The summed E-state index contributed by atoms with van der Waals surface area (Å²) in [5.74, 6) is 0.202. The first kappa shape index (κ1) is 12.7. The molecule has 0 radical (unpaired) electrons. The van der Waals surface area contributed by atoms with Gasteiger partial charge in [-0.1, -0.05) is 30.3 Å². The Kier molecular flexibility index (Phi) is 3.14. The number of benzene rings is 1. The Balaban J connectivity index is 2.00. The molecule has 0 amide bonds. The van der Waals surface area contributed by atoms with Crippen molar-refractivity contribution >= 4 is 17.3 Å². The van der Waals surface area contributed by atoms with Gasteiger partial charge in [0.25, 0.3) is 0 Å². The van der Waals surface area contributed by atoms with E-state index in [0.717, 1.165) is 24.5 Å². The molecule has 1 aliphatic carbocycles. The highest BCUT2D eigenvalue weighted by molar-refractivity contribution is 6.31. The van der Waals surface area contributed by atoms with Crippen molar-refractivity contribution in [2.75, 3.05) is 7.11 Å². The van der Waals surface area contributed by atoms with E-state index in [-0.39, 0.29) is 17.5 Å². The summed E-state index contributed by atoms with van der Waals surface area (Å²) in [5.41, 5.74) is 1.40. The Morgan fingerprint density at radius 3 is 2.60 bits per heavy atom. The van der Waals surface area contributed by atoms with Gasteiger partial charge in [0.15, 0.2) is 5.76 Å². The molecule has 2 aliphatic rings. The van der Waals surface area contributed by atoms with Gasteiger partial charge in [0.2, 0.25) is 5.78 Å². The van der Waals surface area contributed by atoms with Crippen molar-refractivity contribution in [1.29, 1.82) is 0 Å². The normalized spacial score (nSPS) is 20.2. The molecule has 0 atom stereocenters. The van der Waals surface area contributed by atoms with Gasteiger partial charge in [-0.3, -0.25) is 4.79 Å². The molecule has 0 bridgehead atoms. The van der Waals surface area contributed by atoms with E-state index >= 15 is 0 Å². The first-order valence-electron chi connectivity index (χ1n) is 6.52. The lowest BCUT2D eigenvalue weighted by atomic mass is 10.00. The van der Waals surface area contributed by atoms with E-state index in [1.165, 1.54) is 7.11 Å². The number of carbonyl (C=O) groups is 2. The number of Topliss-reactive ketones (excluding diaryl/α,β-unsaturated/α-hetero) is 1. The van der Waals surface area contributed by atoms with Crippen LogP contribution in [-0.4, -0.2) is 18.9 Å². The fourth-order valence-electron chi connectivity index (χ4n) is 2.22. The van der Waals surface area contributed by atoms with Gasteiger partial charge in [-0.05, 0) is 18.4 Å². The molecule has 0 N–H and O–H groups in total. The van der Waals surface area contributed by atoms with Crippen molar-refractivity contribution in [3.05, 3.63) is 53.5 Å².